The summed E-state index contributed by atoms with van der Waals surface area (Å²) in [7, 11) is -4.03. The number of carbonyl (C=O) groups is 1. The van der Waals surface area contributed by atoms with Gasteiger partial charge in [-0.15, -0.1) is 23.1 Å². The van der Waals surface area contributed by atoms with E-state index in [1.807, 2.05) is 0 Å². The van der Waals surface area contributed by atoms with Crippen LogP contribution in [-0.2, 0) is 16.2 Å². The van der Waals surface area contributed by atoms with Crippen molar-refractivity contribution in [2.24, 2.45) is 0 Å². The lowest BCUT2D eigenvalue weighted by Gasteiger charge is -2.16. The number of fused-ring (bicyclic) bond motifs is 1. The summed E-state index contributed by atoms with van der Waals surface area (Å²) >= 11 is 1.99. The van der Waals surface area contributed by atoms with E-state index in [9.17, 15) is 31.6 Å². The van der Waals surface area contributed by atoms with Gasteiger partial charge < -0.3 is 0 Å². The van der Waals surface area contributed by atoms with Gasteiger partial charge in [0.05, 0.1) is 27.3 Å². The largest absolute Gasteiger partial charge is 0.417 e. The molecular formula is C20H12F3N3O3S3. The zero-order valence-electron chi connectivity index (χ0n) is 16.0. The Bertz CT molecular complexity index is 1350. The molecule has 164 valence electrons. The number of thiophene rings is 1. The number of hydrogen-bond acceptors (Lipinski definition) is 7. The topological polar surface area (TPSA) is 91.1 Å². The number of hydrogen-bond donors (Lipinski definition) is 0. The van der Waals surface area contributed by atoms with Crippen molar-refractivity contribution in [2.45, 2.75) is 16.1 Å². The number of halogens is 3. The Morgan fingerprint density at radius 1 is 1.19 bits per heavy atom. The average Bonchev–Trinajstić information content (AvgIpc) is 3.35. The van der Waals surface area contributed by atoms with Gasteiger partial charge in [0.2, 0.25) is 0 Å². The molecule has 3 aromatic rings. The van der Waals surface area contributed by atoms with Crippen LogP contribution in [0.3, 0.4) is 0 Å². The highest BCUT2D eigenvalue weighted by atomic mass is 32.2. The van der Waals surface area contributed by atoms with Gasteiger partial charge in [-0.2, -0.15) is 18.4 Å². The number of pyridine rings is 1. The van der Waals surface area contributed by atoms with Gasteiger partial charge in [-0.3, -0.25) is 4.79 Å². The number of thioether (sulfide) groups is 1. The van der Waals surface area contributed by atoms with E-state index >= 15 is 0 Å². The number of nitrogens with zero attached hydrogens (tertiary/aromatic N) is 3. The lowest BCUT2D eigenvalue weighted by Crippen LogP contribution is -2.32. The third-order valence-electron chi connectivity index (χ3n) is 4.62. The van der Waals surface area contributed by atoms with E-state index in [0.717, 1.165) is 17.8 Å². The number of carbonyl (C=O) groups excluding carboxylic acids is 1. The van der Waals surface area contributed by atoms with Gasteiger partial charge in [0.15, 0.2) is 0 Å². The third kappa shape index (κ3) is 3.87. The Hall–Kier alpha value is -2.88. The van der Waals surface area contributed by atoms with Gasteiger partial charge in [0, 0.05) is 12.3 Å². The number of amides is 1. The summed E-state index contributed by atoms with van der Waals surface area (Å²) in [6.45, 7) is -0.280. The number of nitriles is 1. The molecule has 0 saturated carbocycles. The van der Waals surface area contributed by atoms with Crippen molar-refractivity contribution in [3.63, 3.8) is 0 Å². The van der Waals surface area contributed by atoms with Crippen molar-refractivity contribution < 1.29 is 26.4 Å². The normalized spacial score (nSPS) is 14.9. The molecular weight excluding hydrogens is 483 g/mol. The van der Waals surface area contributed by atoms with Gasteiger partial charge in [0.25, 0.3) is 15.9 Å². The van der Waals surface area contributed by atoms with Crippen LogP contribution in [0, 0.1) is 11.3 Å². The Balaban J connectivity index is 1.63. The van der Waals surface area contributed by atoms with Gasteiger partial charge in [0.1, 0.15) is 16.0 Å². The molecule has 4 rings (SSSR count). The first-order chi connectivity index (χ1) is 15.1. The molecule has 0 unspecified atom stereocenters. The molecule has 0 N–H and O–H groups in total. The molecule has 3 heterocycles. The summed E-state index contributed by atoms with van der Waals surface area (Å²) in [6, 6.07) is 11.4. The maximum absolute atomic E-state index is 13.6. The highest BCUT2D eigenvalue weighted by Crippen LogP contribution is 2.39. The lowest BCUT2D eigenvalue weighted by molar-refractivity contribution is -0.138. The predicted octanol–water partition coefficient (Wildman–Crippen LogP) is 4.64. The summed E-state index contributed by atoms with van der Waals surface area (Å²) in [5.74, 6) is -0.774. The molecule has 1 aromatic carbocycles. The van der Waals surface area contributed by atoms with E-state index in [0.29, 0.717) is 9.18 Å². The zero-order chi connectivity index (χ0) is 23.1. The summed E-state index contributed by atoms with van der Waals surface area (Å²) in [5.41, 5.74) is -1.64. The van der Waals surface area contributed by atoms with Gasteiger partial charge in [-0.05, 0) is 29.6 Å². The fourth-order valence-electron chi connectivity index (χ4n) is 3.19. The Labute approximate surface area is 189 Å². The van der Waals surface area contributed by atoms with E-state index in [-0.39, 0.29) is 33.5 Å². The smallest absolute Gasteiger partial charge is 0.268 e. The second-order valence-electron chi connectivity index (χ2n) is 6.55. The first-order valence-electron chi connectivity index (χ1n) is 8.99. The summed E-state index contributed by atoms with van der Waals surface area (Å²) in [4.78, 5) is 17.1. The van der Waals surface area contributed by atoms with Crippen LogP contribution in [-0.4, -0.2) is 35.9 Å². The molecule has 32 heavy (non-hydrogen) atoms. The maximum atomic E-state index is 13.6. The minimum atomic E-state index is -4.77. The lowest BCUT2D eigenvalue weighted by atomic mass is 10.1. The number of sulfonamides is 1. The summed E-state index contributed by atoms with van der Waals surface area (Å²) in [5, 5.41) is 10.9. The Morgan fingerprint density at radius 3 is 2.56 bits per heavy atom. The number of alkyl halides is 3. The molecule has 6 nitrogen and oxygen atoms in total. The van der Waals surface area contributed by atoms with Crippen molar-refractivity contribution in [1.29, 1.82) is 5.26 Å². The second kappa shape index (κ2) is 8.23. The van der Waals surface area contributed by atoms with Crippen LogP contribution in [0.4, 0.5) is 13.2 Å². The first-order valence-corrected chi connectivity index (χ1v) is 12.3. The summed E-state index contributed by atoms with van der Waals surface area (Å²) in [6.07, 6.45) is -4.77. The number of rotatable bonds is 5. The molecule has 0 aliphatic carbocycles. The molecule has 1 aliphatic rings. The molecule has 12 heteroatoms. The van der Waals surface area contributed by atoms with Crippen molar-refractivity contribution in [2.75, 3.05) is 12.3 Å². The highest BCUT2D eigenvalue weighted by Gasteiger charge is 2.41. The third-order valence-corrected chi connectivity index (χ3v) is 8.31. The molecule has 0 saturated heterocycles. The van der Waals surface area contributed by atoms with Crippen LogP contribution >= 0.6 is 23.1 Å². The van der Waals surface area contributed by atoms with E-state index in [1.165, 1.54) is 29.5 Å². The fourth-order valence-corrected chi connectivity index (χ4v) is 6.49. The van der Waals surface area contributed by atoms with Crippen molar-refractivity contribution in [3.05, 3.63) is 64.5 Å². The van der Waals surface area contributed by atoms with Crippen molar-refractivity contribution in [3.8, 4) is 16.6 Å². The molecule has 0 spiro atoms. The van der Waals surface area contributed by atoms with Crippen LogP contribution in [0.15, 0.2) is 57.8 Å². The van der Waals surface area contributed by atoms with Gasteiger partial charge >= 0.3 is 6.18 Å². The molecule has 0 atom stereocenters. The summed E-state index contributed by atoms with van der Waals surface area (Å²) < 4.78 is 66.7. The number of benzene rings is 1. The quantitative estimate of drug-likeness (QED) is 0.479. The first kappa shape index (κ1) is 22.3. The van der Waals surface area contributed by atoms with Crippen LogP contribution in [0.1, 0.15) is 21.5 Å². The van der Waals surface area contributed by atoms with E-state index in [4.69, 9.17) is 0 Å². The minimum absolute atomic E-state index is 0.0485. The second-order valence-corrected chi connectivity index (χ2v) is 10.4. The zero-order valence-corrected chi connectivity index (χ0v) is 18.4. The molecule has 1 aliphatic heterocycles. The molecule has 0 fully saturated rings. The Morgan fingerprint density at radius 2 is 1.94 bits per heavy atom. The fraction of sp³-hybridized carbons (Fsp3) is 0.150. The SMILES string of the molecule is N#Cc1c(C(F)(F)F)cc(-c2cccs2)nc1SCCN1C(=O)c2ccccc2S1(=O)=O. The standard InChI is InChI=1S/C20H12F3N3O3S3/c21-20(22,23)14-10-15(16-5-3-8-30-16)25-18(13(14)11-24)31-9-7-26-19(27)12-4-1-2-6-17(12)32(26,28)29/h1-6,8,10H,7,9H2. The Kier molecular flexibility index (Phi) is 5.74. The van der Waals surface area contributed by atoms with Crippen LogP contribution in [0.2, 0.25) is 0 Å². The maximum Gasteiger partial charge on any atom is 0.417 e. The molecule has 0 radical (unpaired) electrons. The molecule has 2 aromatic heterocycles. The van der Waals surface area contributed by atoms with Crippen LogP contribution in [0.5, 0.6) is 0 Å². The number of aromatic nitrogens is 1. The molecule has 0 bridgehead atoms. The van der Waals surface area contributed by atoms with E-state index in [1.54, 1.807) is 29.6 Å². The van der Waals surface area contributed by atoms with E-state index < -0.39 is 33.2 Å². The van der Waals surface area contributed by atoms with Crippen molar-refractivity contribution >= 4 is 39.0 Å². The van der Waals surface area contributed by atoms with Crippen molar-refractivity contribution in [1.82, 2.24) is 9.29 Å². The highest BCUT2D eigenvalue weighted by molar-refractivity contribution is 7.99. The predicted molar refractivity (Wildman–Crippen MR) is 113 cm³/mol. The molecule has 1 amide bonds. The van der Waals surface area contributed by atoms with Crippen LogP contribution in [0.25, 0.3) is 10.6 Å². The minimum Gasteiger partial charge on any atom is -0.268 e. The average molecular weight is 496 g/mol. The van der Waals surface area contributed by atoms with Gasteiger partial charge in [-0.25, -0.2) is 17.7 Å². The monoisotopic (exact) mass is 495 g/mol. The van der Waals surface area contributed by atoms with E-state index in [2.05, 4.69) is 4.98 Å². The van der Waals surface area contributed by atoms with Gasteiger partial charge in [-0.1, -0.05) is 18.2 Å². The van der Waals surface area contributed by atoms with Crippen LogP contribution < -0.4 is 0 Å².